The topological polar surface area (TPSA) is 34.9 Å². The molecule has 21 heavy (non-hydrogen) atoms. The van der Waals surface area contributed by atoms with Crippen molar-refractivity contribution in [2.45, 2.75) is 38.0 Å². The summed E-state index contributed by atoms with van der Waals surface area (Å²) >= 11 is 12.0. The number of carbonyl (C=O) groups excluding carboxylic acids is 1. The number of aldehydes is 1. The molecule has 1 aliphatic rings. The SMILES string of the molecule is O=Cc1cn(-c2ccc(Cl)c(Cl)c2)nc1C1CCCCC1. The predicted octanol–water partition coefficient (Wildman–Crippen LogP) is 5.04. The van der Waals surface area contributed by atoms with Crippen LogP contribution in [0.4, 0.5) is 0 Å². The molecule has 1 aromatic heterocycles. The van der Waals surface area contributed by atoms with Crippen LogP contribution in [-0.2, 0) is 0 Å². The van der Waals surface area contributed by atoms with Crippen LogP contribution in [0.15, 0.2) is 24.4 Å². The summed E-state index contributed by atoms with van der Waals surface area (Å²) in [6.45, 7) is 0. The molecule has 1 heterocycles. The summed E-state index contributed by atoms with van der Waals surface area (Å²) < 4.78 is 1.72. The first-order valence-corrected chi connectivity index (χ1v) is 7.95. The Bertz CT molecular complexity index is 660. The lowest BCUT2D eigenvalue weighted by atomic mass is 9.86. The zero-order valence-corrected chi connectivity index (χ0v) is 13.1. The number of hydrogen-bond donors (Lipinski definition) is 0. The van der Waals surface area contributed by atoms with Crippen molar-refractivity contribution < 1.29 is 4.79 Å². The average molecular weight is 323 g/mol. The maximum absolute atomic E-state index is 11.3. The van der Waals surface area contributed by atoms with Crippen LogP contribution in [0.5, 0.6) is 0 Å². The van der Waals surface area contributed by atoms with Gasteiger partial charge in [0, 0.05) is 12.1 Å². The van der Waals surface area contributed by atoms with Gasteiger partial charge in [-0.1, -0.05) is 42.5 Å². The van der Waals surface area contributed by atoms with Gasteiger partial charge in [0.05, 0.1) is 27.0 Å². The highest BCUT2D eigenvalue weighted by atomic mass is 35.5. The average Bonchev–Trinajstić information content (AvgIpc) is 2.95. The molecular formula is C16H16Cl2N2O. The summed E-state index contributed by atoms with van der Waals surface area (Å²) in [5.74, 6) is 0.392. The van der Waals surface area contributed by atoms with Gasteiger partial charge in [0.1, 0.15) is 0 Å². The summed E-state index contributed by atoms with van der Waals surface area (Å²) in [5.41, 5.74) is 2.40. The maximum atomic E-state index is 11.3. The van der Waals surface area contributed by atoms with E-state index in [1.807, 2.05) is 6.07 Å². The highest BCUT2D eigenvalue weighted by Gasteiger charge is 2.22. The number of halogens is 2. The molecule has 1 fully saturated rings. The molecule has 0 atom stereocenters. The third-order valence-electron chi connectivity index (χ3n) is 4.06. The second-order valence-corrected chi connectivity index (χ2v) is 6.28. The van der Waals surface area contributed by atoms with Crippen LogP contribution in [0.2, 0.25) is 10.0 Å². The van der Waals surface area contributed by atoms with Gasteiger partial charge in [-0.2, -0.15) is 5.10 Å². The summed E-state index contributed by atoms with van der Waals surface area (Å²) in [5, 5.41) is 5.62. The molecule has 0 bridgehead atoms. The Morgan fingerprint density at radius 3 is 2.57 bits per heavy atom. The van der Waals surface area contributed by atoms with Gasteiger partial charge in [0.2, 0.25) is 0 Å². The van der Waals surface area contributed by atoms with Crippen molar-refractivity contribution in [2.75, 3.05) is 0 Å². The summed E-state index contributed by atoms with van der Waals surface area (Å²) in [4.78, 5) is 11.3. The fraction of sp³-hybridized carbons (Fsp3) is 0.375. The van der Waals surface area contributed by atoms with Crippen LogP contribution < -0.4 is 0 Å². The molecule has 0 spiro atoms. The van der Waals surface area contributed by atoms with Crippen molar-refractivity contribution in [1.29, 1.82) is 0 Å². The minimum atomic E-state index is 0.392. The van der Waals surface area contributed by atoms with Crippen molar-refractivity contribution in [2.24, 2.45) is 0 Å². The molecule has 110 valence electrons. The van der Waals surface area contributed by atoms with Crippen molar-refractivity contribution in [3.8, 4) is 5.69 Å². The van der Waals surface area contributed by atoms with Crippen LogP contribution >= 0.6 is 23.2 Å². The molecular weight excluding hydrogens is 307 g/mol. The Labute approximate surface area is 133 Å². The number of rotatable bonds is 3. The Balaban J connectivity index is 1.98. The molecule has 5 heteroatoms. The van der Waals surface area contributed by atoms with Gasteiger partial charge in [-0.05, 0) is 31.0 Å². The Kier molecular flexibility index (Phi) is 4.32. The lowest BCUT2D eigenvalue weighted by Crippen LogP contribution is -2.07. The Hall–Kier alpha value is -1.32. The van der Waals surface area contributed by atoms with Gasteiger partial charge >= 0.3 is 0 Å². The third-order valence-corrected chi connectivity index (χ3v) is 4.80. The molecule has 0 aliphatic heterocycles. The lowest BCUT2D eigenvalue weighted by Gasteiger charge is -2.20. The van der Waals surface area contributed by atoms with E-state index in [-0.39, 0.29) is 0 Å². The van der Waals surface area contributed by atoms with Gasteiger partial charge in [-0.15, -0.1) is 0 Å². The summed E-state index contributed by atoms with van der Waals surface area (Å²) in [6, 6.07) is 5.35. The molecule has 1 saturated carbocycles. The smallest absolute Gasteiger partial charge is 0.153 e. The molecule has 2 aromatic rings. The van der Waals surface area contributed by atoms with E-state index in [4.69, 9.17) is 23.2 Å². The minimum absolute atomic E-state index is 0.392. The van der Waals surface area contributed by atoms with Gasteiger partial charge in [-0.25, -0.2) is 4.68 Å². The van der Waals surface area contributed by atoms with Gasteiger partial charge in [0.15, 0.2) is 6.29 Å². The fourth-order valence-corrected chi connectivity index (χ4v) is 3.24. The number of benzene rings is 1. The molecule has 1 aliphatic carbocycles. The highest BCUT2D eigenvalue weighted by molar-refractivity contribution is 6.42. The molecule has 0 unspecified atom stereocenters. The molecule has 0 radical (unpaired) electrons. The zero-order chi connectivity index (χ0) is 14.8. The van der Waals surface area contributed by atoms with Gasteiger partial charge in [0.25, 0.3) is 0 Å². The fourth-order valence-electron chi connectivity index (χ4n) is 2.94. The van der Waals surface area contributed by atoms with Crippen molar-refractivity contribution >= 4 is 29.5 Å². The Morgan fingerprint density at radius 2 is 1.90 bits per heavy atom. The van der Waals surface area contributed by atoms with Crippen molar-refractivity contribution in [3.63, 3.8) is 0 Å². The van der Waals surface area contributed by atoms with Gasteiger partial charge in [-0.3, -0.25) is 4.79 Å². The quantitative estimate of drug-likeness (QED) is 0.742. The van der Waals surface area contributed by atoms with E-state index in [0.29, 0.717) is 21.5 Å². The number of carbonyl (C=O) groups is 1. The van der Waals surface area contributed by atoms with E-state index < -0.39 is 0 Å². The summed E-state index contributed by atoms with van der Waals surface area (Å²) in [6.07, 6.45) is 8.59. The lowest BCUT2D eigenvalue weighted by molar-refractivity contribution is 0.112. The first-order valence-electron chi connectivity index (χ1n) is 7.19. The van der Waals surface area contributed by atoms with E-state index in [2.05, 4.69) is 5.10 Å². The molecule has 3 nitrogen and oxygen atoms in total. The molecule has 1 aromatic carbocycles. The molecule has 0 saturated heterocycles. The largest absolute Gasteiger partial charge is 0.298 e. The van der Waals surface area contributed by atoms with Crippen LogP contribution in [0.3, 0.4) is 0 Å². The normalized spacial score (nSPS) is 16.1. The van der Waals surface area contributed by atoms with E-state index in [9.17, 15) is 4.79 Å². The van der Waals surface area contributed by atoms with Crippen LogP contribution in [-0.4, -0.2) is 16.1 Å². The second kappa shape index (κ2) is 6.20. The molecule has 0 amide bonds. The van der Waals surface area contributed by atoms with Gasteiger partial charge < -0.3 is 0 Å². The monoisotopic (exact) mass is 322 g/mol. The van der Waals surface area contributed by atoms with E-state index >= 15 is 0 Å². The molecule has 3 rings (SSSR count). The standard InChI is InChI=1S/C16H16Cl2N2O/c17-14-7-6-13(8-15(14)18)20-9-12(10-21)16(19-20)11-4-2-1-3-5-11/h6-11H,1-5H2. The highest BCUT2D eigenvalue weighted by Crippen LogP contribution is 2.33. The summed E-state index contributed by atoms with van der Waals surface area (Å²) in [7, 11) is 0. The first-order chi connectivity index (χ1) is 10.2. The van der Waals surface area contributed by atoms with Crippen LogP contribution in [0, 0.1) is 0 Å². The molecule has 0 N–H and O–H groups in total. The minimum Gasteiger partial charge on any atom is -0.298 e. The van der Waals surface area contributed by atoms with Crippen LogP contribution in [0.25, 0.3) is 5.69 Å². The van der Waals surface area contributed by atoms with E-state index in [0.717, 1.165) is 30.5 Å². The Morgan fingerprint density at radius 1 is 1.14 bits per heavy atom. The van der Waals surface area contributed by atoms with Crippen molar-refractivity contribution in [1.82, 2.24) is 9.78 Å². The second-order valence-electron chi connectivity index (χ2n) is 5.47. The number of aromatic nitrogens is 2. The van der Waals surface area contributed by atoms with Crippen LogP contribution in [0.1, 0.15) is 54.1 Å². The number of hydrogen-bond acceptors (Lipinski definition) is 2. The third kappa shape index (κ3) is 2.99. The van der Waals surface area contributed by atoms with E-state index in [1.54, 1.807) is 23.0 Å². The maximum Gasteiger partial charge on any atom is 0.153 e. The van der Waals surface area contributed by atoms with Crippen molar-refractivity contribution in [3.05, 3.63) is 45.7 Å². The zero-order valence-electron chi connectivity index (χ0n) is 11.6. The number of nitrogens with zero attached hydrogens (tertiary/aromatic N) is 2. The first kappa shape index (κ1) is 14.6. The predicted molar refractivity (Wildman–Crippen MR) is 84.8 cm³/mol. The van der Waals surface area contributed by atoms with E-state index in [1.165, 1.54) is 19.3 Å².